The van der Waals surface area contributed by atoms with Crippen LogP contribution in [0.2, 0.25) is 0 Å². The van der Waals surface area contributed by atoms with Gasteiger partial charge in [0.1, 0.15) is 10.6 Å². The van der Waals surface area contributed by atoms with Gasteiger partial charge in [0.05, 0.1) is 12.7 Å². The molecule has 11 heteroatoms. The fourth-order valence-electron chi connectivity index (χ4n) is 1.83. The van der Waals surface area contributed by atoms with Crippen molar-refractivity contribution in [3.05, 3.63) is 23.8 Å². The van der Waals surface area contributed by atoms with Crippen LogP contribution in [0.1, 0.15) is 24.2 Å². The average Bonchev–Trinajstić information content (AvgIpc) is 2.57. The number of nitrogens with one attached hydrogen (secondary N) is 3. The third-order valence-corrected chi connectivity index (χ3v) is 4.57. The van der Waals surface area contributed by atoms with E-state index in [4.69, 9.17) is 9.47 Å². The van der Waals surface area contributed by atoms with Crippen LogP contribution in [0, 0.1) is 0 Å². The number of rotatable bonds is 7. The predicted molar refractivity (Wildman–Crippen MR) is 91.3 cm³/mol. The van der Waals surface area contributed by atoms with Crippen molar-refractivity contribution in [1.29, 1.82) is 0 Å². The molecule has 10 nitrogen and oxygen atoms in total. The Hall–Kier alpha value is -2.66. The number of sulfonamides is 1. The highest BCUT2D eigenvalue weighted by Crippen LogP contribution is 2.25. The molecule has 0 heterocycles. The minimum atomic E-state index is -3.92. The average molecular weight is 387 g/mol. The standard InChI is InChI=1S/C15H21N3O7S/c1-9(2)18-26(22,23)12-7-10(5-6-11(12)24-4)14(20)25-8-13(19)17-15(21)16-3/h5-7,9,18H,8H2,1-4H3,(H2,16,17,19,21). The Labute approximate surface area is 151 Å². The SMILES string of the molecule is CNC(=O)NC(=O)COC(=O)c1ccc(OC)c(S(=O)(=O)NC(C)C)c1. The monoisotopic (exact) mass is 387 g/mol. The lowest BCUT2D eigenvalue weighted by atomic mass is 10.2. The van der Waals surface area contributed by atoms with Gasteiger partial charge in [-0.1, -0.05) is 0 Å². The Morgan fingerprint density at radius 2 is 1.85 bits per heavy atom. The summed E-state index contributed by atoms with van der Waals surface area (Å²) in [5.41, 5.74) is -0.0947. The smallest absolute Gasteiger partial charge is 0.338 e. The summed E-state index contributed by atoms with van der Waals surface area (Å²) in [6.45, 7) is 2.59. The molecule has 0 aliphatic heterocycles. The van der Waals surface area contributed by atoms with E-state index >= 15 is 0 Å². The van der Waals surface area contributed by atoms with E-state index in [1.807, 2.05) is 5.32 Å². The second kappa shape index (κ2) is 9.15. The van der Waals surface area contributed by atoms with Gasteiger partial charge in [-0.2, -0.15) is 0 Å². The maximum absolute atomic E-state index is 12.4. The van der Waals surface area contributed by atoms with E-state index in [9.17, 15) is 22.8 Å². The zero-order chi connectivity index (χ0) is 19.9. The predicted octanol–water partition coefficient (Wildman–Crippen LogP) is -0.00570. The van der Waals surface area contributed by atoms with Crippen molar-refractivity contribution in [2.24, 2.45) is 0 Å². The van der Waals surface area contributed by atoms with E-state index in [1.165, 1.54) is 26.3 Å². The highest BCUT2D eigenvalue weighted by atomic mass is 32.2. The number of imide groups is 1. The number of methoxy groups -OCH3 is 1. The van der Waals surface area contributed by atoms with Crippen LogP contribution in [0.25, 0.3) is 0 Å². The summed E-state index contributed by atoms with van der Waals surface area (Å²) in [7, 11) is -1.31. The lowest BCUT2D eigenvalue weighted by Crippen LogP contribution is -2.39. The highest BCUT2D eigenvalue weighted by molar-refractivity contribution is 7.89. The molecular formula is C15H21N3O7S. The molecule has 0 aromatic heterocycles. The van der Waals surface area contributed by atoms with Crippen molar-refractivity contribution in [2.45, 2.75) is 24.8 Å². The molecule has 3 N–H and O–H groups in total. The number of esters is 1. The third-order valence-electron chi connectivity index (χ3n) is 2.89. The van der Waals surface area contributed by atoms with Crippen LogP contribution in [-0.2, 0) is 19.6 Å². The summed E-state index contributed by atoms with van der Waals surface area (Å²) in [5.74, 6) is -1.71. The topological polar surface area (TPSA) is 140 Å². The van der Waals surface area contributed by atoms with Crippen LogP contribution >= 0.6 is 0 Å². The quantitative estimate of drug-likeness (QED) is 0.559. The summed E-state index contributed by atoms with van der Waals surface area (Å²) in [6, 6.07) is 2.57. The van der Waals surface area contributed by atoms with Crippen molar-refractivity contribution in [3.63, 3.8) is 0 Å². The van der Waals surface area contributed by atoms with Crippen molar-refractivity contribution in [3.8, 4) is 5.75 Å². The van der Waals surface area contributed by atoms with Crippen molar-refractivity contribution in [1.82, 2.24) is 15.4 Å². The highest BCUT2D eigenvalue weighted by Gasteiger charge is 2.23. The number of ether oxygens (including phenoxy) is 2. The number of carbonyl (C=O) groups excluding carboxylic acids is 3. The molecule has 0 atom stereocenters. The van der Waals surface area contributed by atoms with Crippen molar-refractivity contribution in [2.75, 3.05) is 20.8 Å². The van der Waals surface area contributed by atoms with Gasteiger partial charge in [-0.15, -0.1) is 0 Å². The van der Waals surface area contributed by atoms with E-state index in [0.717, 1.165) is 6.07 Å². The maximum atomic E-state index is 12.4. The summed E-state index contributed by atoms with van der Waals surface area (Å²) < 4.78 is 36.9. The van der Waals surface area contributed by atoms with Gasteiger partial charge in [-0.05, 0) is 32.0 Å². The first-order valence-electron chi connectivity index (χ1n) is 7.49. The Bertz CT molecular complexity index is 790. The zero-order valence-corrected chi connectivity index (χ0v) is 15.6. The molecule has 1 rings (SSSR count). The zero-order valence-electron chi connectivity index (χ0n) is 14.8. The van der Waals surface area contributed by atoms with Crippen LogP contribution in [0.3, 0.4) is 0 Å². The van der Waals surface area contributed by atoms with Gasteiger partial charge in [0.25, 0.3) is 5.91 Å². The normalized spacial score (nSPS) is 11.0. The maximum Gasteiger partial charge on any atom is 0.338 e. The van der Waals surface area contributed by atoms with Crippen molar-refractivity contribution < 1.29 is 32.3 Å². The summed E-state index contributed by atoms with van der Waals surface area (Å²) >= 11 is 0. The van der Waals surface area contributed by atoms with Crippen LogP contribution < -0.4 is 20.1 Å². The summed E-state index contributed by atoms with van der Waals surface area (Å²) in [5, 5.41) is 4.09. The number of benzene rings is 1. The number of amides is 3. The minimum Gasteiger partial charge on any atom is -0.495 e. The second-order valence-corrected chi connectivity index (χ2v) is 7.03. The molecule has 0 bridgehead atoms. The van der Waals surface area contributed by atoms with Gasteiger partial charge in [0, 0.05) is 13.1 Å². The fourth-order valence-corrected chi connectivity index (χ4v) is 3.27. The van der Waals surface area contributed by atoms with Gasteiger partial charge in [0.2, 0.25) is 10.0 Å². The molecule has 0 radical (unpaired) electrons. The van der Waals surface area contributed by atoms with Gasteiger partial charge >= 0.3 is 12.0 Å². The lowest BCUT2D eigenvalue weighted by molar-refractivity contribution is -0.123. The molecule has 144 valence electrons. The molecule has 26 heavy (non-hydrogen) atoms. The van der Waals surface area contributed by atoms with Crippen molar-refractivity contribution >= 4 is 27.9 Å². The van der Waals surface area contributed by atoms with E-state index in [2.05, 4.69) is 10.0 Å². The van der Waals surface area contributed by atoms with E-state index in [1.54, 1.807) is 13.8 Å². The van der Waals surface area contributed by atoms with Crippen LogP contribution in [-0.4, -0.2) is 53.1 Å². The number of hydrogen-bond donors (Lipinski definition) is 3. The lowest BCUT2D eigenvalue weighted by Gasteiger charge is -2.14. The first-order valence-corrected chi connectivity index (χ1v) is 8.98. The Morgan fingerprint density at radius 1 is 1.19 bits per heavy atom. The number of carbonyl (C=O) groups is 3. The van der Waals surface area contributed by atoms with Gasteiger partial charge in [0.15, 0.2) is 6.61 Å². The Morgan fingerprint density at radius 3 is 2.38 bits per heavy atom. The fraction of sp³-hybridized carbons (Fsp3) is 0.400. The largest absolute Gasteiger partial charge is 0.495 e. The molecule has 0 spiro atoms. The minimum absolute atomic E-state index is 0.0482. The van der Waals surface area contributed by atoms with Gasteiger partial charge in [-0.25, -0.2) is 22.7 Å². The number of urea groups is 1. The van der Waals surface area contributed by atoms with Crippen LogP contribution in [0.4, 0.5) is 4.79 Å². The van der Waals surface area contributed by atoms with E-state index < -0.39 is 34.5 Å². The third kappa shape index (κ3) is 6.01. The molecule has 0 saturated heterocycles. The Balaban J connectivity index is 2.97. The molecule has 0 saturated carbocycles. The molecule has 1 aromatic carbocycles. The number of hydrogen-bond acceptors (Lipinski definition) is 7. The van der Waals surface area contributed by atoms with E-state index in [0.29, 0.717) is 0 Å². The summed E-state index contributed by atoms with van der Waals surface area (Å²) in [4.78, 5) is 34.2. The first kappa shape index (κ1) is 21.4. The molecule has 3 amide bonds. The first-order chi connectivity index (χ1) is 12.1. The second-order valence-electron chi connectivity index (χ2n) is 5.35. The van der Waals surface area contributed by atoms with Gasteiger partial charge < -0.3 is 14.8 Å². The molecular weight excluding hydrogens is 366 g/mol. The Kier molecular flexibility index (Phi) is 7.53. The molecule has 0 unspecified atom stereocenters. The van der Waals surface area contributed by atoms with Gasteiger partial charge in [-0.3, -0.25) is 10.1 Å². The van der Waals surface area contributed by atoms with E-state index in [-0.39, 0.29) is 22.3 Å². The molecule has 0 aliphatic rings. The van der Waals surface area contributed by atoms with Crippen LogP contribution in [0.15, 0.2) is 23.1 Å². The molecule has 0 aliphatic carbocycles. The summed E-state index contributed by atoms with van der Waals surface area (Å²) in [6.07, 6.45) is 0. The molecule has 1 aromatic rings. The molecule has 0 fully saturated rings. The van der Waals surface area contributed by atoms with Crippen LogP contribution in [0.5, 0.6) is 5.75 Å².